The highest BCUT2D eigenvalue weighted by molar-refractivity contribution is 7.98. The largest absolute Gasteiger partial charge is 0.481 e. The van der Waals surface area contributed by atoms with Crippen molar-refractivity contribution in [2.75, 3.05) is 18.6 Å². The van der Waals surface area contributed by atoms with E-state index in [1.54, 1.807) is 6.26 Å². The molecule has 0 aliphatic rings. The van der Waals surface area contributed by atoms with Gasteiger partial charge in [0.25, 0.3) is 0 Å². The first kappa shape index (κ1) is 28.1. The maximum atomic E-state index is 12.3. The minimum absolute atomic E-state index is 0.182. The molecule has 0 saturated carbocycles. The number of hydrogen-bond acceptors (Lipinski definition) is 8. The number of hydrogen-bond donors (Lipinski definition) is 7. The summed E-state index contributed by atoms with van der Waals surface area (Å²) in [5.74, 6) is -5.61. The predicted molar refractivity (Wildman–Crippen MR) is 109 cm³/mol. The summed E-state index contributed by atoms with van der Waals surface area (Å²) in [5, 5.41) is 33.3. The van der Waals surface area contributed by atoms with Crippen LogP contribution in [0.3, 0.4) is 0 Å². The number of carboxylic acids is 3. The smallest absolute Gasteiger partial charge is 0.326 e. The molecule has 8 N–H and O–H groups in total. The average molecular weight is 464 g/mol. The molecular formula is C17H28N4O9S. The first-order valence-corrected chi connectivity index (χ1v) is 10.7. The normalized spacial score (nSPS) is 13.4. The quantitative estimate of drug-likeness (QED) is 0.132. The number of carbonyl (C=O) groups excluding carboxylic acids is 3. The van der Waals surface area contributed by atoms with Gasteiger partial charge in [-0.15, -0.1) is 0 Å². The second-order valence-electron chi connectivity index (χ2n) is 6.49. The lowest BCUT2D eigenvalue weighted by atomic mass is 10.1. The lowest BCUT2D eigenvalue weighted by molar-refractivity contribution is -0.142. The molecule has 0 aromatic heterocycles. The summed E-state index contributed by atoms with van der Waals surface area (Å²) in [6.45, 7) is -0.591. The third-order valence-corrected chi connectivity index (χ3v) is 4.60. The van der Waals surface area contributed by atoms with Gasteiger partial charge in [0, 0.05) is 12.8 Å². The lowest BCUT2D eigenvalue weighted by Crippen LogP contribution is -2.53. The molecule has 0 aromatic rings. The fourth-order valence-corrected chi connectivity index (χ4v) is 2.73. The van der Waals surface area contributed by atoms with Crippen molar-refractivity contribution < 1.29 is 44.1 Å². The van der Waals surface area contributed by atoms with Crippen molar-refractivity contribution in [3.05, 3.63) is 0 Å². The molecule has 3 unspecified atom stereocenters. The molecule has 0 rings (SSSR count). The number of rotatable bonds is 16. The fraction of sp³-hybridized carbons (Fsp3) is 0.647. The molecule has 0 radical (unpaired) electrons. The van der Waals surface area contributed by atoms with E-state index in [1.807, 2.05) is 0 Å². The molecule has 0 spiro atoms. The highest BCUT2D eigenvalue weighted by atomic mass is 32.2. The highest BCUT2D eigenvalue weighted by Crippen LogP contribution is 2.03. The third kappa shape index (κ3) is 13.1. The minimum Gasteiger partial charge on any atom is -0.481 e. The third-order valence-electron chi connectivity index (χ3n) is 3.95. The van der Waals surface area contributed by atoms with Gasteiger partial charge in [-0.2, -0.15) is 11.8 Å². The Morgan fingerprint density at radius 3 is 1.94 bits per heavy atom. The van der Waals surface area contributed by atoms with Crippen LogP contribution in [0.15, 0.2) is 0 Å². The molecule has 0 aliphatic heterocycles. The van der Waals surface area contributed by atoms with Crippen LogP contribution in [0.1, 0.15) is 32.1 Å². The molecule has 14 heteroatoms. The van der Waals surface area contributed by atoms with E-state index in [9.17, 15) is 28.8 Å². The van der Waals surface area contributed by atoms with Gasteiger partial charge in [0.2, 0.25) is 17.7 Å². The van der Waals surface area contributed by atoms with Crippen molar-refractivity contribution in [3.8, 4) is 0 Å². The maximum Gasteiger partial charge on any atom is 0.326 e. The second-order valence-corrected chi connectivity index (χ2v) is 7.48. The van der Waals surface area contributed by atoms with E-state index in [1.165, 1.54) is 11.8 Å². The molecule has 0 saturated heterocycles. The molecule has 3 atom stereocenters. The molecule has 0 fully saturated rings. The van der Waals surface area contributed by atoms with Crippen LogP contribution in [0, 0.1) is 0 Å². The van der Waals surface area contributed by atoms with Gasteiger partial charge in [0.1, 0.15) is 12.1 Å². The van der Waals surface area contributed by atoms with Gasteiger partial charge in [-0.25, -0.2) is 4.79 Å². The van der Waals surface area contributed by atoms with E-state index in [0.717, 1.165) is 0 Å². The number of carboxylic acid groups (broad SMARTS) is 3. The number of nitrogens with two attached hydrogens (primary N) is 1. The molecule has 31 heavy (non-hydrogen) atoms. The van der Waals surface area contributed by atoms with Crippen LogP contribution in [-0.2, 0) is 28.8 Å². The Bertz CT molecular complexity index is 674. The van der Waals surface area contributed by atoms with Crippen molar-refractivity contribution in [2.24, 2.45) is 5.73 Å². The zero-order valence-electron chi connectivity index (χ0n) is 17.0. The minimum atomic E-state index is -1.33. The monoisotopic (exact) mass is 464 g/mol. The number of amides is 3. The molecular weight excluding hydrogens is 436 g/mol. The predicted octanol–water partition coefficient (Wildman–Crippen LogP) is -2.03. The molecule has 0 aliphatic carbocycles. The van der Waals surface area contributed by atoms with E-state index in [4.69, 9.17) is 21.1 Å². The van der Waals surface area contributed by atoms with E-state index in [0.29, 0.717) is 5.75 Å². The topological polar surface area (TPSA) is 225 Å². The van der Waals surface area contributed by atoms with Crippen LogP contribution in [0.25, 0.3) is 0 Å². The summed E-state index contributed by atoms with van der Waals surface area (Å²) >= 11 is 1.40. The number of carbonyl (C=O) groups is 6. The van der Waals surface area contributed by atoms with E-state index < -0.39 is 66.7 Å². The van der Waals surface area contributed by atoms with Crippen LogP contribution in [0.2, 0.25) is 0 Å². The van der Waals surface area contributed by atoms with Crippen LogP contribution in [0.4, 0.5) is 0 Å². The van der Waals surface area contributed by atoms with Gasteiger partial charge in [0.05, 0.1) is 12.6 Å². The first-order valence-electron chi connectivity index (χ1n) is 9.26. The Morgan fingerprint density at radius 2 is 1.42 bits per heavy atom. The Labute approximate surface area is 182 Å². The van der Waals surface area contributed by atoms with Gasteiger partial charge in [-0.1, -0.05) is 0 Å². The van der Waals surface area contributed by atoms with Crippen LogP contribution >= 0.6 is 11.8 Å². The molecule has 3 amide bonds. The van der Waals surface area contributed by atoms with Gasteiger partial charge in [-0.3, -0.25) is 24.0 Å². The maximum absolute atomic E-state index is 12.3. The second kappa shape index (κ2) is 15.0. The van der Waals surface area contributed by atoms with E-state index in [-0.39, 0.29) is 25.7 Å². The number of aliphatic carboxylic acids is 3. The van der Waals surface area contributed by atoms with Crippen LogP contribution < -0.4 is 21.7 Å². The van der Waals surface area contributed by atoms with Gasteiger partial charge < -0.3 is 37.0 Å². The highest BCUT2D eigenvalue weighted by Gasteiger charge is 2.26. The molecule has 0 heterocycles. The van der Waals surface area contributed by atoms with Crippen molar-refractivity contribution in [2.45, 2.75) is 50.2 Å². The summed E-state index contributed by atoms with van der Waals surface area (Å²) in [7, 11) is 0. The number of thioether (sulfide) groups is 1. The standard InChI is InChI=1S/C17H28N4O9S/c1-31-7-6-11(17(29)30)20-12(22)8-19-16(28)10(3-5-14(25)26)21-15(27)9(18)2-4-13(23)24/h9-11H,2-8,18H2,1H3,(H,19,28)(H,20,22)(H,21,27)(H,23,24)(H,25,26)(H,29,30). The molecule has 0 aromatic carbocycles. The van der Waals surface area contributed by atoms with Crippen molar-refractivity contribution in [1.29, 1.82) is 0 Å². The summed E-state index contributed by atoms with van der Waals surface area (Å²) in [6, 6.07) is -3.70. The van der Waals surface area contributed by atoms with Crippen LogP contribution in [-0.4, -0.2) is 87.6 Å². The van der Waals surface area contributed by atoms with Crippen molar-refractivity contribution >= 4 is 47.4 Å². The fourth-order valence-electron chi connectivity index (χ4n) is 2.25. The summed E-state index contributed by atoms with van der Waals surface area (Å²) < 4.78 is 0. The average Bonchev–Trinajstić information content (AvgIpc) is 2.69. The Balaban J connectivity index is 4.87. The van der Waals surface area contributed by atoms with Gasteiger partial charge >= 0.3 is 17.9 Å². The molecule has 13 nitrogen and oxygen atoms in total. The zero-order valence-corrected chi connectivity index (χ0v) is 17.8. The zero-order chi connectivity index (χ0) is 24.0. The Hall–Kier alpha value is -2.87. The number of nitrogens with one attached hydrogen (secondary N) is 3. The summed E-state index contributed by atoms with van der Waals surface area (Å²) in [4.78, 5) is 68.9. The van der Waals surface area contributed by atoms with E-state index >= 15 is 0 Å². The van der Waals surface area contributed by atoms with Crippen molar-refractivity contribution in [3.63, 3.8) is 0 Å². The molecule has 176 valence electrons. The SMILES string of the molecule is CSCCC(NC(=O)CNC(=O)C(CCC(=O)O)NC(=O)C(N)CCC(=O)O)C(=O)O. The van der Waals surface area contributed by atoms with E-state index in [2.05, 4.69) is 16.0 Å². The molecule has 0 bridgehead atoms. The lowest BCUT2D eigenvalue weighted by Gasteiger charge is -2.20. The van der Waals surface area contributed by atoms with Crippen molar-refractivity contribution in [1.82, 2.24) is 16.0 Å². The Kier molecular flexibility index (Phi) is 13.6. The Morgan fingerprint density at radius 1 is 0.839 bits per heavy atom. The summed E-state index contributed by atoms with van der Waals surface area (Å²) in [6.07, 6.45) is 0.629. The van der Waals surface area contributed by atoms with Gasteiger partial charge in [0.15, 0.2) is 0 Å². The first-order chi connectivity index (χ1) is 14.5. The van der Waals surface area contributed by atoms with Gasteiger partial charge in [-0.05, 0) is 31.3 Å². The summed E-state index contributed by atoms with van der Waals surface area (Å²) in [5.41, 5.74) is 5.57. The van der Waals surface area contributed by atoms with Crippen LogP contribution in [0.5, 0.6) is 0 Å².